The zero-order chi connectivity index (χ0) is 15.3. The predicted octanol–water partition coefficient (Wildman–Crippen LogP) is 2.59. The summed E-state index contributed by atoms with van der Waals surface area (Å²) in [6.45, 7) is 1.90. The summed E-state index contributed by atoms with van der Waals surface area (Å²) in [5.74, 6) is -0.767. The van der Waals surface area contributed by atoms with E-state index in [-0.39, 0.29) is 22.9 Å². The highest BCUT2D eigenvalue weighted by Crippen LogP contribution is 2.30. The number of anilines is 1. The summed E-state index contributed by atoms with van der Waals surface area (Å²) in [7, 11) is 1.50. The van der Waals surface area contributed by atoms with E-state index in [0.717, 1.165) is 12.1 Å². The number of methoxy groups -OCH3 is 1. The van der Waals surface area contributed by atoms with E-state index in [2.05, 4.69) is 5.32 Å². The van der Waals surface area contributed by atoms with Gasteiger partial charge in [-0.3, -0.25) is 10.1 Å². The molecule has 112 valence electrons. The molecule has 1 aromatic carbocycles. The second-order valence-electron chi connectivity index (χ2n) is 4.63. The van der Waals surface area contributed by atoms with Crippen molar-refractivity contribution in [1.29, 1.82) is 0 Å². The molecule has 8 heteroatoms. The Hall–Kier alpha value is -1.44. The smallest absolute Gasteiger partial charge is 0.294 e. The van der Waals surface area contributed by atoms with Crippen molar-refractivity contribution < 1.29 is 19.2 Å². The van der Waals surface area contributed by atoms with Gasteiger partial charge in [0.05, 0.1) is 15.5 Å². The van der Waals surface area contributed by atoms with Crippen molar-refractivity contribution in [2.75, 3.05) is 25.6 Å². The largest absolute Gasteiger partial charge is 0.388 e. The standard InChI is InChI=1S/C12H16ClFN2O4/c1-12(17,3-4-20-2)7-15-10-6-9(14)8(13)5-11(10)16(18)19/h5-6,15,17H,3-4,7H2,1-2H3. The molecule has 1 unspecified atom stereocenters. The maximum Gasteiger partial charge on any atom is 0.294 e. The first-order valence-electron chi connectivity index (χ1n) is 5.85. The van der Waals surface area contributed by atoms with Crippen molar-refractivity contribution in [3.8, 4) is 0 Å². The third-order valence-corrected chi connectivity index (χ3v) is 3.03. The van der Waals surface area contributed by atoms with Crippen LogP contribution in [-0.2, 0) is 4.74 Å². The molecule has 0 radical (unpaired) electrons. The number of halogens is 2. The molecule has 0 saturated heterocycles. The summed E-state index contributed by atoms with van der Waals surface area (Å²) < 4.78 is 18.2. The van der Waals surface area contributed by atoms with E-state index in [4.69, 9.17) is 16.3 Å². The van der Waals surface area contributed by atoms with Crippen LogP contribution in [0.15, 0.2) is 12.1 Å². The Kier molecular flexibility index (Phi) is 5.67. The van der Waals surface area contributed by atoms with Gasteiger partial charge in [0.25, 0.3) is 5.69 Å². The van der Waals surface area contributed by atoms with Crippen LogP contribution in [0.1, 0.15) is 13.3 Å². The Morgan fingerprint density at radius 1 is 1.60 bits per heavy atom. The van der Waals surface area contributed by atoms with E-state index in [1.54, 1.807) is 6.92 Å². The lowest BCUT2D eigenvalue weighted by atomic mass is 10.0. The molecular formula is C12H16ClFN2O4. The number of nitro benzene ring substituents is 1. The molecule has 1 atom stereocenters. The van der Waals surface area contributed by atoms with Gasteiger partial charge in [-0.1, -0.05) is 11.6 Å². The van der Waals surface area contributed by atoms with Crippen LogP contribution in [0.5, 0.6) is 0 Å². The third kappa shape index (κ3) is 4.59. The quantitative estimate of drug-likeness (QED) is 0.597. The van der Waals surface area contributed by atoms with E-state index >= 15 is 0 Å². The van der Waals surface area contributed by atoms with Gasteiger partial charge in [0.2, 0.25) is 0 Å². The van der Waals surface area contributed by atoms with Crippen LogP contribution in [0.4, 0.5) is 15.8 Å². The molecule has 0 aliphatic carbocycles. The summed E-state index contributed by atoms with van der Waals surface area (Å²) in [4.78, 5) is 10.2. The number of rotatable bonds is 7. The van der Waals surface area contributed by atoms with E-state index in [9.17, 15) is 19.6 Å². The molecule has 20 heavy (non-hydrogen) atoms. The highest BCUT2D eigenvalue weighted by molar-refractivity contribution is 6.31. The summed E-state index contributed by atoms with van der Waals surface area (Å²) >= 11 is 5.52. The number of ether oxygens (including phenoxy) is 1. The predicted molar refractivity (Wildman–Crippen MR) is 73.7 cm³/mol. The van der Waals surface area contributed by atoms with Crippen molar-refractivity contribution in [1.82, 2.24) is 0 Å². The Balaban J connectivity index is 2.86. The lowest BCUT2D eigenvalue weighted by Gasteiger charge is -2.23. The molecule has 0 saturated carbocycles. The minimum atomic E-state index is -1.14. The molecule has 2 N–H and O–H groups in total. The van der Waals surface area contributed by atoms with Crippen LogP contribution < -0.4 is 5.32 Å². The first kappa shape index (κ1) is 16.6. The van der Waals surface area contributed by atoms with Crippen LogP contribution in [-0.4, -0.2) is 35.9 Å². The van der Waals surface area contributed by atoms with Crippen LogP contribution in [0.25, 0.3) is 0 Å². The molecule has 0 aliphatic rings. The fourth-order valence-electron chi connectivity index (χ4n) is 1.52. The SMILES string of the molecule is COCCC(C)(O)CNc1cc(F)c(Cl)cc1[N+](=O)[O-]. The Bertz CT molecular complexity index is 497. The fourth-order valence-corrected chi connectivity index (χ4v) is 1.68. The van der Waals surface area contributed by atoms with Gasteiger partial charge in [-0.2, -0.15) is 0 Å². The number of nitrogens with zero attached hydrogens (tertiary/aromatic N) is 1. The van der Waals surface area contributed by atoms with Crippen LogP contribution >= 0.6 is 11.6 Å². The van der Waals surface area contributed by atoms with Crippen molar-refractivity contribution in [2.45, 2.75) is 18.9 Å². The lowest BCUT2D eigenvalue weighted by Crippen LogP contribution is -2.34. The Morgan fingerprint density at radius 2 is 2.25 bits per heavy atom. The Morgan fingerprint density at radius 3 is 2.80 bits per heavy atom. The maximum atomic E-state index is 13.4. The highest BCUT2D eigenvalue weighted by atomic mass is 35.5. The molecule has 0 heterocycles. The molecule has 1 aromatic rings. The summed E-state index contributed by atoms with van der Waals surface area (Å²) in [5, 5.41) is 23.3. The normalized spacial score (nSPS) is 13.8. The highest BCUT2D eigenvalue weighted by Gasteiger charge is 2.23. The van der Waals surface area contributed by atoms with Crippen LogP contribution in [0, 0.1) is 15.9 Å². The van der Waals surface area contributed by atoms with E-state index < -0.39 is 16.3 Å². The number of hydrogen-bond acceptors (Lipinski definition) is 5. The second-order valence-corrected chi connectivity index (χ2v) is 5.04. The number of hydrogen-bond donors (Lipinski definition) is 2. The molecule has 0 aliphatic heterocycles. The van der Waals surface area contributed by atoms with Crippen LogP contribution in [0.2, 0.25) is 5.02 Å². The van der Waals surface area contributed by atoms with E-state index in [1.807, 2.05) is 0 Å². The van der Waals surface area contributed by atoms with Crippen LogP contribution in [0.3, 0.4) is 0 Å². The average Bonchev–Trinajstić information content (AvgIpc) is 2.37. The Labute approximate surface area is 120 Å². The van der Waals surface area contributed by atoms with E-state index in [1.165, 1.54) is 7.11 Å². The van der Waals surface area contributed by atoms with Gasteiger partial charge in [-0.25, -0.2) is 4.39 Å². The molecule has 0 aromatic heterocycles. The molecule has 0 fully saturated rings. The maximum absolute atomic E-state index is 13.4. The minimum Gasteiger partial charge on any atom is -0.388 e. The van der Waals surface area contributed by atoms with Gasteiger partial charge < -0.3 is 15.2 Å². The average molecular weight is 307 g/mol. The third-order valence-electron chi connectivity index (χ3n) is 2.74. The zero-order valence-corrected chi connectivity index (χ0v) is 11.9. The van der Waals surface area contributed by atoms with E-state index in [0.29, 0.717) is 13.0 Å². The molecule has 0 amide bonds. The lowest BCUT2D eigenvalue weighted by molar-refractivity contribution is -0.384. The van der Waals surface area contributed by atoms with Gasteiger partial charge in [0.15, 0.2) is 0 Å². The molecular weight excluding hydrogens is 291 g/mol. The number of nitro groups is 1. The number of nitrogens with one attached hydrogen (secondary N) is 1. The zero-order valence-electron chi connectivity index (χ0n) is 11.2. The second kappa shape index (κ2) is 6.83. The van der Waals surface area contributed by atoms with Crippen molar-refractivity contribution in [3.05, 3.63) is 33.1 Å². The van der Waals surface area contributed by atoms with Gasteiger partial charge in [0.1, 0.15) is 11.5 Å². The summed E-state index contributed by atoms with van der Waals surface area (Å²) in [6.07, 6.45) is 0.334. The molecule has 0 spiro atoms. The molecule has 0 bridgehead atoms. The molecule has 6 nitrogen and oxygen atoms in total. The van der Waals surface area contributed by atoms with Gasteiger partial charge in [-0.05, 0) is 6.92 Å². The fraction of sp³-hybridized carbons (Fsp3) is 0.500. The number of benzene rings is 1. The topological polar surface area (TPSA) is 84.6 Å². The number of aliphatic hydroxyl groups is 1. The minimum absolute atomic E-state index is 0.0122. The molecule has 1 rings (SSSR count). The monoisotopic (exact) mass is 306 g/mol. The van der Waals surface area contributed by atoms with Crippen molar-refractivity contribution in [3.63, 3.8) is 0 Å². The van der Waals surface area contributed by atoms with Gasteiger partial charge in [0, 0.05) is 38.8 Å². The summed E-state index contributed by atoms with van der Waals surface area (Å²) in [5.41, 5.74) is -1.52. The first-order valence-corrected chi connectivity index (χ1v) is 6.23. The summed E-state index contributed by atoms with van der Waals surface area (Å²) in [6, 6.07) is 1.87. The van der Waals surface area contributed by atoms with Gasteiger partial charge >= 0.3 is 0 Å². The first-order chi connectivity index (χ1) is 9.26. The van der Waals surface area contributed by atoms with Gasteiger partial charge in [-0.15, -0.1) is 0 Å². The van der Waals surface area contributed by atoms with Crippen molar-refractivity contribution >= 4 is 23.0 Å². The van der Waals surface area contributed by atoms with Crippen molar-refractivity contribution in [2.24, 2.45) is 0 Å².